The van der Waals surface area contributed by atoms with Gasteiger partial charge in [0.2, 0.25) is 0 Å². The Labute approximate surface area is 134 Å². The number of piperidine rings is 1. The normalized spacial score (nSPS) is 18.5. The van der Waals surface area contributed by atoms with Gasteiger partial charge >= 0.3 is 0 Å². The zero-order valence-corrected chi connectivity index (χ0v) is 13.1. The van der Waals surface area contributed by atoms with Gasteiger partial charge in [0, 0.05) is 50.0 Å². The van der Waals surface area contributed by atoms with Crippen molar-refractivity contribution in [3.8, 4) is 0 Å². The molecule has 4 heterocycles. The summed E-state index contributed by atoms with van der Waals surface area (Å²) in [7, 11) is 1.83. The average molecular weight is 309 g/mol. The van der Waals surface area contributed by atoms with Gasteiger partial charge in [0.15, 0.2) is 0 Å². The highest BCUT2D eigenvalue weighted by molar-refractivity contribution is 5.92. The van der Waals surface area contributed by atoms with Gasteiger partial charge in [0.05, 0.1) is 0 Å². The third kappa shape index (κ3) is 2.50. The lowest BCUT2D eigenvalue weighted by atomic mass is 9.90. The number of H-pyrrole nitrogens is 1. The van der Waals surface area contributed by atoms with Gasteiger partial charge in [-0.25, -0.2) is 4.98 Å². The van der Waals surface area contributed by atoms with Crippen LogP contribution in [-0.4, -0.2) is 43.6 Å². The van der Waals surface area contributed by atoms with Crippen molar-refractivity contribution in [1.82, 2.24) is 24.6 Å². The SMILES string of the molecule is Cn1ccc(C(=O)N2CCCC(c3c[nH]c4ncccc34)C2)n1. The molecule has 1 amide bonds. The molecule has 0 bridgehead atoms. The first-order chi connectivity index (χ1) is 11.2. The van der Waals surface area contributed by atoms with Gasteiger partial charge in [-0.1, -0.05) is 0 Å². The summed E-state index contributed by atoms with van der Waals surface area (Å²) in [5.41, 5.74) is 2.69. The molecule has 0 saturated carbocycles. The van der Waals surface area contributed by atoms with Crippen LogP contribution in [0.15, 0.2) is 36.8 Å². The van der Waals surface area contributed by atoms with Crippen molar-refractivity contribution in [1.29, 1.82) is 0 Å². The summed E-state index contributed by atoms with van der Waals surface area (Å²) in [4.78, 5) is 22.1. The molecule has 0 radical (unpaired) electrons. The monoisotopic (exact) mass is 309 g/mol. The third-order valence-corrected chi connectivity index (χ3v) is 4.56. The van der Waals surface area contributed by atoms with Gasteiger partial charge in [-0.15, -0.1) is 0 Å². The number of likely N-dealkylation sites (tertiary alicyclic amines) is 1. The van der Waals surface area contributed by atoms with Crippen molar-refractivity contribution in [2.24, 2.45) is 7.05 Å². The molecule has 118 valence electrons. The zero-order valence-electron chi connectivity index (χ0n) is 13.1. The maximum Gasteiger partial charge on any atom is 0.274 e. The van der Waals surface area contributed by atoms with Gasteiger partial charge in [-0.05, 0) is 36.6 Å². The molecular formula is C17H19N5O. The van der Waals surface area contributed by atoms with E-state index in [9.17, 15) is 4.79 Å². The van der Waals surface area contributed by atoms with E-state index in [-0.39, 0.29) is 5.91 Å². The molecule has 0 spiro atoms. The Morgan fingerprint density at radius 3 is 3.13 bits per heavy atom. The first-order valence-electron chi connectivity index (χ1n) is 7.93. The fourth-order valence-corrected chi connectivity index (χ4v) is 3.42. The van der Waals surface area contributed by atoms with Crippen LogP contribution in [0, 0.1) is 0 Å². The molecular weight excluding hydrogens is 290 g/mol. The van der Waals surface area contributed by atoms with Crippen molar-refractivity contribution in [3.63, 3.8) is 0 Å². The number of rotatable bonds is 2. The largest absolute Gasteiger partial charge is 0.346 e. The van der Waals surface area contributed by atoms with Crippen LogP contribution >= 0.6 is 0 Å². The Balaban J connectivity index is 1.58. The fourth-order valence-electron chi connectivity index (χ4n) is 3.42. The Morgan fingerprint density at radius 2 is 2.30 bits per heavy atom. The molecule has 1 N–H and O–H groups in total. The van der Waals surface area contributed by atoms with E-state index in [0.717, 1.165) is 37.0 Å². The lowest BCUT2D eigenvalue weighted by Crippen LogP contribution is -2.39. The molecule has 1 aliphatic heterocycles. The van der Waals surface area contributed by atoms with Crippen LogP contribution in [0.1, 0.15) is 34.8 Å². The number of pyridine rings is 1. The molecule has 23 heavy (non-hydrogen) atoms. The summed E-state index contributed by atoms with van der Waals surface area (Å²) in [5, 5.41) is 5.39. The molecule has 0 aliphatic carbocycles. The summed E-state index contributed by atoms with van der Waals surface area (Å²) in [6.07, 6.45) is 7.74. The summed E-state index contributed by atoms with van der Waals surface area (Å²) in [6.45, 7) is 1.53. The lowest BCUT2D eigenvalue weighted by molar-refractivity contribution is 0.0700. The molecule has 6 heteroatoms. The Kier molecular flexibility index (Phi) is 3.37. The second kappa shape index (κ2) is 5.53. The molecule has 1 unspecified atom stereocenters. The van der Waals surface area contributed by atoms with Crippen molar-refractivity contribution in [3.05, 3.63) is 48.0 Å². The van der Waals surface area contributed by atoms with Crippen molar-refractivity contribution >= 4 is 16.9 Å². The maximum absolute atomic E-state index is 12.6. The molecule has 1 saturated heterocycles. The summed E-state index contributed by atoms with van der Waals surface area (Å²) >= 11 is 0. The highest BCUT2D eigenvalue weighted by Gasteiger charge is 2.28. The van der Waals surface area contributed by atoms with Gasteiger partial charge in [-0.3, -0.25) is 9.48 Å². The highest BCUT2D eigenvalue weighted by Crippen LogP contribution is 2.31. The van der Waals surface area contributed by atoms with Gasteiger partial charge < -0.3 is 9.88 Å². The predicted molar refractivity (Wildman–Crippen MR) is 87.2 cm³/mol. The van der Waals surface area contributed by atoms with Crippen LogP contribution in [0.4, 0.5) is 0 Å². The molecule has 4 rings (SSSR count). The summed E-state index contributed by atoms with van der Waals surface area (Å²) < 4.78 is 1.67. The van der Waals surface area contributed by atoms with Gasteiger partial charge in [0.25, 0.3) is 5.91 Å². The first-order valence-corrected chi connectivity index (χ1v) is 7.93. The van der Waals surface area contributed by atoms with E-state index in [2.05, 4.69) is 21.1 Å². The Hall–Kier alpha value is -2.63. The van der Waals surface area contributed by atoms with Crippen LogP contribution in [0.25, 0.3) is 11.0 Å². The van der Waals surface area contributed by atoms with E-state index in [1.54, 1.807) is 23.1 Å². The van der Waals surface area contributed by atoms with E-state index in [4.69, 9.17) is 0 Å². The fraction of sp³-hybridized carbons (Fsp3) is 0.353. The standard InChI is InChI=1S/C17H19N5O/c1-21-9-6-15(20-21)17(23)22-8-3-4-12(11-22)14-10-19-16-13(14)5-2-7-18-16/h2,5-7,9-10,12H,3-4,8,11H2,1H3,(H,18,19). The van der Waals surface area contributed by atoms with Crippen LogP contribution in [-0.2, 0) is 7.05 Å². The van der Waals surface area contributed by atoms with Crippen molar-refractivity contribution in [2.45, 2.75) is 18.8 Å². The van der Waals surface area contributed by atoms with Crippen LogP contribution in [0.2, 0.25) is 0 Å². The molecule has 0 aromatic carbocycles. The van der Waals surface area contributed by atoms with Crippen LogP contribution in [0.3, 0.4) is 0 Å². The number of hydrogen-bond donors (Lipinski definition) is 1. The molecule has 1 aliphatic rings. The molecule has 1 fully saturated rings. The van der Waals surface area contributed by atoms with E-state index < -0.39 is 0 Å². The maximum atomic E-state index is 12.6. The number of aryl methyl sites for hydroxylation is 1. The quantitative estimate of drug-likeness (QED) is 0.790. The number of carbonyl (C=O) groups is 1. The second-order valence-corrected chi connectivity index (χ2v) is 6.11. The van der Waals surface area contributed by atoms with E-state index >= 15 is 0 Å². The Morgan fingerprint density at radius 1 is 1.39 bits per heavy atom. The molecule has 3 aromatic rings. The number of aromatic amines is 1. The predicted octanol–water partition coefficient (Wildman–Crippen LogP) is 2.32. The number of hydrogen-bond acceptors (Lipinski definition) is 3. The number of nitrogens with zero attached hydrogens (tertiary/aromatic N) is 4. The summed E-state index contributed by atoms with van der Waals surface area (Å²) in [6, 6.07) is 5.83. The van der Waals surface area contributed by atoms with E-state index in [0.29, 0.717) is 11.6 Å². The lowest BCUT2D eigenvalue weighted by Gasteiger charge is -2.32. The molecule has 3 aromatic heterocycles. The van der Waals surface area contributed by atoms with Gasteiger partial charge in [-0.2, -0.15) is 5.10 Å². The topological polar surface area (TPSA) is 66.8 Å². The number of nitrogens with one attached hydrogen (secondary N) is 1. The highest BCUT2D eigenvalue weighted by atomic mass is 16.2. The number of aromatic nitrogens is 4. The van der Waals surface area contributed by atoms with E-state index in [1.165, 1.54) is 5.56 Å². The third-order valence-electron chi connectivity index (χ3n) is 4.56. The summed E-state index contributed by atoms with van der Waals surface area (Å²) in [5.74, 6) is 0.364. The number of amides is 1. The Bertz CT molecular complexity index is 849. The van der Waals surface area contributed by atoms with Crippen LogP contribution in [0.5, 0.6) is 0 Å². The number of fused-ring (bicyclic) bond motifs is 1. The zero-order chi connectivity index (χ0) is 15.8. The smallest absolute Gasteiger partial charge is 0.274 e. The minimum Gasteiger partial charge on any atom is -0.346 e. The first kappa shape index (κ1) is 14.0. The van der Waals surface area contributed by atoms with Crippen LogP contribution < -0.4 is 0 Å². The molecule has 6 nitrogen and oxygen atoms in total. The second-order valence-electron chi connectivity index (χ2n) is 6.11. The average Bonchev–Trinajstić information content (AvgIpc) is 3.20. The number of carbonyl (C=O) groups excluding carboxylic acids is 1. The van der Waals surface area contributed by atoms with Gasteiger partial charge in [0.1, 0.15) is 11.3 Å². The van der Waals surface area contributed by atoms with E-state index in [1.807, 2.05) is 24.2 Å². The minimum atomic E-state index is 0.0215. The molecule has 1 atom stereocenters. The van der Waals surface area contributed by atoms with Crippen molar-refractivity contribution in [2.75, 3.05) is 13.1 Å². The minimum absolute atomic E-state index is 0.0215. The van der Waals surface area contributed by atoms with Crippen molar-refractivity contribution < 1.29 is 4.79 Å².